The Balaban J connectivity index is 0.00000192. The second-order valence-corrected chi connectivity index (χ2v) is 6.10. The van der Waals surface area contributed by atoms with Crippen LogP contribution in [0.15, 0.2) is 41.0 Å². The minimum Gasteiger partial charge on any atom is -0.467 e. The van der Waals surface area contributed by atoms with Crippen LogP contribution in [-0.2, 0) is 6.54 Å². The lowest BCUT2D eigenvalue weighted by Crippen LogP contribution is -2.33. The first-order valence-corrected chi connectivity index (χ1v) is 7.74. The normalized spacial score (nSPS) is 20.4. The predicted octanol–water partition coefficient (Wildman–Crippen LogP) is 3.49. The molecule has 2 atom stereocenters. The molecule has 3 rings (SSSR count). The zero-order valence-corrected chi connectivity index (χ0v) is 14.3. The lowest BCUT2D eigenvalue weighted by molar-refractivity contribution is 0.0745. The Bertz CT molecular complexity index is 683. The molecule has 2 unspecified atom stereocenters. The van der Waals surface area contributed by atoms with Crippen molar-refractivity contribution in [3.63, 3.8) is 0 Å². The first kappa shape index (κ1) is 17.6. The highest BCUT2D eigenvalue weighted by Gasteiger charge is 2.34. The summed E-state index contributed by atoms with van der Waals surface area (Å²) in [6.07, 6.45) is 2.51. The third-order valence-corrected chi connectivity index (χ3v) is 4.57. The van der Waals surface area contributed by atoms with Crippen LogP contribution in [-0.4, -0.2) is 23.4 Å². The molecule has 0 bridgehead atoms. The Labute approximate surface area is 143 Å². The molecule has 1 aromatic heterocycles. The van der Waals surface area contributed by atoms with Crippen LogP contribution in [0.3, 0.4) is 0 Å². The summed E-state index contributed by atoms with van der Waals surface area (Å²) in [5.74, 6) is 1.08. The SMILES string of the molecule is Cc1ccccc1C1CC(C)N(C(=O)c2coc(CN)c2)C1.Cl. The first-order chi connectivity index (χ1) is 10.6. The molecule has 1 fully saturated rings. The number of nitrogens with two attached hydrogens (primary N) is 1. The summed E-state index contributed by atoms with van der Waals surface area (Å²) in [5, 5.41) is 0. The first-order valence-electron chi connectivity index (χ1n) is 7.74. The van der Waals surface area contributed by atoms with Gasteiger partial charge in [-0.05, 0) is 37.5 Å². The van der Waals surface area contributed by atoms with E-state index in [-0.39, 0.29) is 24.4 Å². The standard InChI is InChI=1S/C18H22N2O2.ClH/c1-12-5-3-4-6-17(12)14-7-13(2)20(10-14)18(21)15-8-16(9-19)22-11-15;/h3-6,8,11,13-14H,7,9-10,19H2,1-2H3;1H. The number of amides is 1. The maximum atomic E-state index is 12.7. The molecular weight excluding hydrogens is 312 g/mol. The van der Waals surface area contributed by atoms with Crippen molar-refractivity contribution >= 4 is 18.3 Å². The quantitative estimate of drug-likeness (QED) is 0.934. The molecule has 0 aliphatic carbocycles. The lowest BCUT2D eigenvalue weighted by Gasteiger charge is -2.20. The summed E-state index contributed by atoms with van der Waals surface area (Å²) >= 11 is 0. The van der Waals surface area contributed by atoms with E-state index in [9.17, 15) is 4.79 Å². The monoisotopic (exact) mass is 334 g/mol. The lowest BCUT2D eigenvalue weighted by atomic mass is 9.93. The second-order valence-electron chi connectivity index (χ2n) is 6.10. The zero-order valence-electron chi connectivity index (χ0n) is 13.5. The number of aryl methyl sites for hydroxylation is 1. The van der Waals surface area contributed by atoms with Crippen molar-refractivity contribution in [1.29, 1.82) is 0 Å². The molecule has 0 spiro atoms. The molecule has 1 aliphatic heterocycles. The van der Waals surface area contributed by atoms with Crippen LogP contribution in [0.1, 0.15) is 46.5 Å². The number of nitrogens with zero attached hydrogens (tertiary/aromatic N) is 1. The highest BCUT2D eigenvalue weighted by Crippen LogP contribution is 2.34. The van der Waals surface area contributed by atoms with Crippen molar-refractivity contribution in [1.82, 2.24) is 4.90 Å². The highest BCUT2D eigenvalue weighted by molar-refractivity contribution is 5.94. The van der Waals surface area contributed by atoms with Gasteiger partial charge < -0.3 is 15.1 Å². The molecule has 0 radical (unpaired) electrons. The van der Waals surface area contributed by atoms with Gasteiger partial charge in [0, 0.05) is 18.5 Å². The minimum absolute atomic E-state index is 0. The van der Waals surface area contributed by atoms with Crippen molar-refractivity contribution in [3.05, 3.63) is 59.0 Å². The number of furan rings is 1. The molecule has 2 aromatic rings. The summed E-state index contributed by atoms with van der Waals surface area (Å²) in [4.78, 5) is 14.6. The molecule has 1 saturated heterocycles. The predicted molar refractivity (Wildman–Crippen MR) is 92.9 cm³/mol. The second kappa shape index (κ2) is 7.20. The molecule has 23 heavy (non-hydrogen) atoms. The molecule has 124 valence electrons. The van der Waals surface area contributed by atoms with Crippen LogP contribution in [0.25, 0.3) is 0 Å². The Morgan fingerprint density at radius 2 is 2.13 bits per heavy atom. The van der Waals surface area contributed by atoms with Gasteiger partial charge in [-0.1, -0.05) is 24.3 Å². The highest BCUT2D eigenvalue weighted by atomic mass is 35.5. The number of benzene rings is 1. The number of halogens is 1. The van der Waals surface area contributed by atoms with Crippen LogP contribution in [0.5, 0.6) is 0 Å². The van der Waals surface area contributed by atoms with E-state index in [4.69, 9.17) is 10.2 Å². The molecule has 2 N–H and O–H groups in total. The van der Waals surface area contributed by atoms with Crippen LogP contribution in [0, 0.1) is 6.92 Å². The molecule has 2 heterocycles. The summed E-state index contributed by atoms with van der Waals surface area (Å²) < 4.78 is 5.29. The fourth-order valence-corrected chi connectivity index (χ4v) is 3.35. The summed E-state index contributed by atoms with van der Waals surface area (Å²) in [5.41, 5.74) is 8.78. The third-order valence-electron chi connectivity index (χ3n) is 4.57. The topological polar surface area (TPSA) is 59.5 Å². The van der Waals surface area contributed by atoms with E-state index in [1.807, 2.05) is 4.90 Å². The van der Waals surface area contributed by atoms with E-state index < -0.39 is 0 Å². The van der Waals surface area contributed by atoms with Gasteiger partial charge in [-0.3, -0.25) is 4.79 Å². The minimum atomic E-state index is 0. The van der Waals surface area contributed by atoms with Gasteiger partial charge in [-0.2, -0.15) is 0 Å². The molecule has 0 saturated carbocycles. The molecule has 1 aliphatic rings. The van der Waals surface area contributed by atoms with Gasteiger partial charge in [0.05, 0.1) is 12.1 Å². The fourth-order valence-electron chi connectivity index (χ4n) is 3.35. The molecule has 5 heteroatoms. The van der Waals surface area contributed by atoms with E-state index >= 15 is 0 Å². The Morgan fingerprint density at radius 1 is 1.39 bits per heavy atom. The average molecular weight is 335 g/mol. The van der Waals surface area contributed by atoms with E-state index in [1.165, 1.54) is 17.4 Å². The molecular formula is C18H23ClN2O2. The van der Waals surface area contributed by atoms with Gasteiger partial charge >= 0.3 is 0 Å². The van der Waals surface area contributed by atoms with Gasteiger partial charge in [0.25, 0.3) is 5.91 Å². The maximum absolute atomic E-state index is 12.7. The van der Waals surface area contributed by atoms with Gasteiger partial charge in [0.2, 0.25) is 0 Å². The zero-order chi connectivity index (χ0) is 15.7. The Morgan fingerprint density at radius 3 is 2.78 bits per heavy atom. The number of likely N-dealkylation sites (tertiary alicyclic amines) is 1. The van der Waals surface area contributed by atoms with Crippen molar-refractivity contribution in [3.8, 4) is 0 Å². The number of rotatable bonds is 3. The maximum Gasteiger partial charge on any atom is 0.257 e. The van der Waals surface area contributed by atoms with E-state index in [0.717, 1.165) is 13.0 Å². The summed E-state index contributed by atoms with van der Waals surface area (Å²) in [7, 11) is 0. The van der Waals surface area contributed by atoms with Gasteiger partial charge in [-0.25, -0.2) is 0 Å². The van der Waals surface area contributed by atoms with Crippen molar-refractivity contribution in [2.24, 2.45) is 5.73 Å². The van der Waals surface area contributed by atoms with Crippen molar-refractivity contribution < 1.29 is 9.21 Å². The Hall–Kier alpha value is -1.78. The van der Waals surface area contributed by atoms with Gasteiger partial charge in [0.15, 0.2) is 0 Å². The van der Waals surface area contributed by atoms with E-state index in [0.29, 0.717) is 23.8 Å². The van der Waals surface area contributed by atoms with Crippen molar-refractivity contribution in [2.45, 2.75) is 38.8 Å². The van der Waals surface area contributed by atoms with Crippen LogP contribution in [0.2, 0.25) is 0 Å². The van der Waals surface area contributed by atoms with Crippen molar-refractivity contribution in [2.75, 3.05) is 6.54 Å². The summed E-state index contributed by atoms with van der Waals surface area (Å²) in [6.45, 7) is 5.32. The molecule has 1 aromatic carbocycles. The summed E-state index contributed by atoms with van der Waals surface area (Å²) in [6, 6.07) is 10.4. The largest absolute Gasteiger partial charge is 0.467 e. The van der Waals surface area contributed by atoms with E-state index in [2.05, 4.69) is 38.1 Å². The van der Waals surface area contributed by atoms with Crippen LogP contribution < -0.4 is 5.73 Å². The van der Waals surface area contributed by atoms with Gasteiger partial charge in [0.1, 0.15) is 12.0 Å². The molecule has 1 amide bonds. The van der Waals surface area contributed by atoms with Crippen LogP contribution >= 0.6 is 12.4 Å². The smallest absolute Gasteiger partial charge is 0.257 e. The number of carbonyl (C=O) groups excluding carboxylic acids is 1. The van der Waals surface area contributed by atoms with E-state index in [1.54, 1.807) is 6.07 Å². The number of hydrogen-bond acceptors (Lipinski definition) is 3. The third kappa shape index (κ3) is 3.43. The number of carbonyl (C=O) groups is 1. The van der Waals surface area contributed by atoms with Crippen LogP contribution in [0.4, 0.5) is 0 Å². The Kier molecular flexibility index (Phi) is 5.50. The number of hydrogen-bond donors (Lipinski definition) is 1. The van der Waals surface area contributed by atoms with Gasteiger partial charge in [-0.15, -0.1) is 12.4 Å². The fraction of sp³-hybridized carbons (Fsp3) is 0.389. The average Bonchev–Trinajstić information content (AvgIpc) is 3.13. The molecule has 4 nitrogen and oxygen atoms in total.